The summed E-state index contributed by atoms with van der Waals surface area (Å²) in [6, 6.07) is 3.09. The molecule has 1 unspecified atom stereocenters. The molecule has 0 aliphatic carbocycles. The number of benzene rings is 1. The number of hydrogen-bond acceptors (Lipinski definition) is 2. The van der Waals surface area contributed by atoms with Gasteiger partial charge in [0.2, 0.25) is 5.91 Å². The first-order chi connectivity index (χ1) is 9.08. The normalized spacial score (nSPS) is 19.2. The minimum absolute atomic E-state index is 0.0663. The number of rotatable bonds is 3. The Morgan fingerprint density at radius 2 is 2.21 bits per heavy atom. The largest absolute Gasteiger partial charge is 0.340 e. The van der Waals surface area contributed by atoms with Crippen LogP contribution in [0.3, 0.4) is 0 Å². The number of nitrogens with zero attached hydrogens (tertiary/aromatic N) is 1. The molecule has 104 valence electrons. The number of nitrogens with one attached hydrogen (secondary N) is 1. The molecular formula is C14H18F2N2O. The van der Waals surface area contributed by atoms with E-state index in [0.29, 0.717) is 0 Å². The van der Waals surface area contributed by atoms with E-state index < -0.39 is 11.6 Å². The summed E-state index contributed by atoms with van der Waals surface area (Å²) >= 11 is 0. The van der Waals surface area contributed by atoms with Crippen LogP contribution in [0.5, 0.6) is 0 Å². The van der Waals surface area contributed by atoms with Gasteiger partial charge in [0.25, 0.3) is 0 Å². The third kappa shape index (κ3) is 3.50. The quantitative estimate of drug-likeness (QED) is 0.910. The summed E-state index contributed by atoms with van der Waals surface area (Å²) in [5.74, 6) is -1.05. The smallest absolute Gasteiger partial charge is 0.239 e. The van der Waals surface area contributed by atoms with E-state index in [0.717, 1.165) is 44.0 Å². The van der Waals surface area contributed by atoms with Crippen molar-refractivity contribution in [2.75, 3.05) is 13.6 Å². The second-order valence-electron chi connectivity index (χ2n) is 4.93. The second-order valence-corrected chi connectivity index (χ2v) is 4.93. The molecule has 1 atom stereocenters. The number of likely N-dealkylation sites (N-methyl/N-ethyl adjacent to an activating group) is 1. The van der Waals surface area contributed by atoms with Gasteiger partial charge >= 0.3 is 0 Å². The third-order valence-electron chi connectivity index (χ3n) is 3.40. The first kappa shape index (κ1) is 13.9. The molecule has 2 rings (SSSR count). The van der Waals surface area contributed by atoms with Crippen molar-refractivity contribution in [1.29, 1.82) is 0 Å². The maximum absolute atomic E-state index is 13.5. The van der Waals surface area contributed by atoms with E-state index in [1.807, 2.05) is 0 Å². The molecular weight excluding hydrogens is 250 g/mol. The Morgan fingerprint density at radius 1 is 1.42 bits per heavy atom. The fourth-order valence-corrected chi connectivity index (χ4v) is 2.33. The summed E-state index contributed by atoms with van der Waals surface area (Å²) < 4.78 is 26.6. The van der Waals surface area contributed by atoms with Gasteiger partial charge in [0, 0.05) is 19.2 Å². The van der Waals surface area contributed by atoms with Crippen LogP contribution in [0.15, 0.2) is 18.2 Å². The Kier molecular flexibility index (Phi) is 4.47. The molecule has 1 N–H and O–H groups in total. The van der Waals surface area contributed by atoms with Crippen molar-refractivity contribution in [1.82, 2.24) is 10.2 Å². The molecule has 0 radical (unpaired) electrons. The van der Waals surface area contributed by atoms with Crippen LogP contribution in [0.2, 0.25) is 0 Å². The average Bonchev–Trinajstić information content (AvgIpc) is 2.43. The molecule has 1 saturated heterocycles. The molecule has 5 heteroatoms. The van der Waals surface area contributed by atoms with E-state index in [1.165, 1.54) is 4.90 Å². The summed E-state index contributed by atoms with van der Waals surface area (Å²) in [5, 5.41) is 3.15. The zero-order valence-electron chi connectivity index (χ0n) is 11.0. The SMILES string of the molecule is CN(Cc1cc(F)ccc1F)C(=O)C1CCCCN1. The lowest BCUT2D eigenvalue weighted by molar-refractivity contribution is -0.133. The maximum atomic E-state index is 13.5. The van der Waals surface area contributed by atoms with Crippen molar-refractivity contribution in [3.63, 3.8) is 0 Å². The van der Waals surface area contributed by atoms with Crippen LogP contribution in [-0.2, 0) is 11.3 Å². The van der Waals surface area contributed by atoms with Gasteiger partial charge in [-0.2, -0.15) is 0 Å². The molecule has 0 bridgehead atoms. The summed E-state index contributed by atoms with van der Waals surface area (Å²) in [6.45, 7) is 0.916. The lowest BCUT2D eigenvalue weighted by atomic mass is 10.0. The molecule has 1 aromatic carbocycles. The van der Waals surface area contributed by atoms with Gasteiger partial charge in [-0.3, -0.25) is 4.79 Å². The van der Waals surface area contributed by atoms with Gasteiger partial charge in [-0.1, -0.05) is 6.42 Å². The Bertz CT molecular complexity index is 459. The highest BCUT2D eigenvalue weighted by molar-refractivity contribution is 5.81. The number of halogens is 2. The van der Waals surface area contributed by atoms with Crippen molar-refractivity contribution in [3.8, 4) is 0 Å². The zero-order valence-corrected chi connectivity index (χ0v) is 11.0. The van der Waals surface area contributed by atoms with Crippen molar-refractivity contribution in [2.24, 2.45) is 0 Å². The highest BCUT2D eigenvalue weighted by Gasteiger charge is 2.24. The van der Waals surface area contributed by atoms with Crippen LogP contribution in [-0.4, -0.2) is 30.4 Å². The van der Waals surface area contributed by atoms with Crippen LogP contribution in [0, 0.1) is 11.6 Å². The van der Waals surface area contributed by atoms with Crippen LogP contribution >= 0.6 is 0 Å². The van der Waals surface area contributed by atoms with Crippen molar-refractivity contribution in [3.05, 3.63) is 35.4 Å². The predicted molar refractivity (Wildman–Crippen MR) is 68.5 cm³/mol. The Balaban J connectivity index is 2.01. The van der Waals surface area contributed by atoms with Gasteiger partial charge in [-0.05, 0) is 37.6 Å². The van der Waals surface area contributed by atoms with Gasteiger partial charge < -0.3 is 10.2 Å². The summed E-state index contributed by atoms with van der Waals surface area (Å²) in [6.07, 6.45) is 2.90. The van der Waals surface area contributed by atoms with E-state index in [2.05, 4.69) is 5.32 Å². The highest BCUT2D eigenvalue weighted by atomic mass is 19.1. The van der Waals surface area contributed by atoms with Gasteiger partial charge in [0.1, 0.15) is 11.6 Å². The fraction of sp³-hybridized carbons (Fsp3) is 0.500. The van der Waals surface area contributed by atoms with Gasteiger partial charge in [0.05, 0.1) is 6.04 Å². The summed E-state index contributed by atoms with van der Waals surface area (Å²) in [7, 11) is 1.61. The standard InChI is InChI=1S/C14H18F2N2O/c1-18(14(19)13-4-2-3-7-17-13)9-10-8-11(15)5-6-12(10)16/h5-6,8,13,17H,2-4,7,9H2,1H3. The monoisotopic (exact) mass is 268 g/mol. The Morgan fingerprint density at radius 3 is 2.89 bits per heavy atom. The number of hydrogen-bond donors (Lipinski definition) is 1. The van der Waals surface area contributed by atoms with E-state index in [4.69, 9.17) is 0 Å². The molecule has 0 spiro atoms. The van der Waals surface area contributed by atoms with Crippen molar-refractivity contribution < 1.29 is 13.6 Å². The Labute approximate surface area is 111 Å². The lowest BCUT2D eigenvalue weighted by Gasteiger charge is -2.27. The number of amides is 1. The number of carbonyl (C=O) groups is 1. The molecule has 1 heterocycles. The summed E-state index contributed by atoms with van der Waals surface area (Å²) in [5.41, 5.74) is 0.201. The molecule has 1 aromatic rings. The van der Waals surface area contributed by atoms with Crippen molar-refractivity contribution in [2.45, 2.75) is 31.8 Å². The van der Waals surface area contributed by atoms with E-state index in [9.17, 15) is 13.6 Å². The number of carbonyl (C=O) groups excluding carboxylic acids is 1. The van der Waals surface area contributed by atoms with Gasteiger partial charge in [-0.15, -0.1) is 0 Å². The molecule has 1 aliphatic heterocycles. The van der Waals surface area contributed by atoms with Crippen molar-refractivity contribution >= 4 is 5.91 Å². The molecule has 1 fully saturated rings. The van der Waals surface area contributed by atoms with E-state index in [-0.39, 0.29) is 24.1 Å². The molecule has 1 aliphatic rings. The fourth-order valence-electron chi connectivity index (χ4n) is 2.33. The van der Waals surface area contributed by atoms with Crippen LogP contribution in [0.25, 0.3) is 0 Å². The van der Waals surface area contributed by atoms with Crippen LogP contribution in [0.1, 0.15) is 24.8 Å². The van der Waals surface area contributed by atoms with E-state index in [1.54, 1.807) is 7.05 Å². The van der Waals surface area contributed by atoms with E-state index >= 15 is 0 Å². The Hall–Kier alpha value is -1.49. The van der Waals surface area contributed by atoms with Crippen LogP contribution < -0.4 is 5.32 Å². The first-order valence-electron chi connectivity index (χ1n) is 6.50. The van der Waals surface area contributed by atoms with Crippen LogP contribution in [0.4, 0.5) is 8.78 Å². The van der Waals surface area contributed by atoms with Gasteiger partial charge in [0.15, 0.2) is 0 Å². The minimum atomic E-state index is -0.493. The molecule has 19 heavy (non-hydrogen) atoms. The predicted octanol–water partition coefficient (Wildman–Crippen LogP) is 2.07. The first-order valence-corrected chi connectivity index (χ1v) is 6.50. The summed E-state index contributed by atoms with van der Waals surface area (Å²) in [4.78, 5) is 13.6. The third-order valence-corrected chi connectivity index (χ3v) is 3.40. The lowest BCUT2D eigenvalue weighted by Crippen LogP contribution is -2.47. The molecule has 3 nitrogen and oxygen atoms in total. The number of piperidine rings is 1. The topological polar surface area (TPSA) is 32.3 Å². The zero-order chi connectivity index (χ0) is 13.8. The van der Waals surface area contributed by atoms with Gasteiger partial charge in [-0.25, -0.2) is 8.78 Å². The molecule has 0 saturated carbocycles. The maximum Gasteiger partial charge on any atom is 0.239 e. The average molecular weight is 268 g/mol. The molecule has 1 amide bonds. The second kappa shape index (κ2) is 6.10. The molecule has 0 aromatic heterocycles. The minimum Gasteiger partial charge on any atom is -0.340 e. The highest BCUT2D eigenvalue weighted by Crippen LogP contribution is 2.14.